The van der Waals surface area contributed by atoms with Gasteiger partial charge in [-0.2, -0.15) is 9.67 Å². The molecule has 3 aromatic rings. The van der Waals surface area contributed by atoms with E-state index in [9.17, 15) is 0 Å². The fourth-order valence-corrected chi connectivity index (χ4v) is 5.05. The second-order valence-electron chi connectivity index (χ2n) is 9.47. The Morgan fingerprint density at radius 3 is 2.38 bits per heavy atom. The van der Waals surface area contributed by atoms with Crippen molar-refractivity contribution in [2.24, 2.45) is 0 Å². The van der Waals surface area contributed by atoms with Gasteiger partial charge in [-0.25, -0.2) is 9.97 Å². The quantitative estimate of drug-likeness (QED) is 0.509. The van der Waals surface area contributed by atoms with Crippen molar-refractivity contribution in [2.45, 2.75) is 37.6 Å². The molecule has 3 aliphatic rings. The van der Waals surface area contributed by atoms with Crippen molar-refractivity contribution in [3.63, 3.8) is 0 Å². The Kier molecular flexibility index (Phi) is 5.76. The Morgan fingerprint density at radius 2 is 1.65 bits per heavy atom. The first-order valence-corrected chi connectivity index (χ1v) is 12.3. The van der Waals surface area contributed by atoms with Crippen molar-refractivity contribution in [2.75, 3.05) is 55.2 Å². The molecule has 178 valence electrons. The molecule has 2 aromatic heterocycles. The Morgan fingerprint density at radius 1 is 0.912 bits per heavy atom. The first-order valence-electron chi connectivity index (χ1n) is 12.3. The normalized spacial score (nSPS) is 19.9. The lowest BCUT2D eigenvalue weighted by molar-refractivity contribution is 0.247. The van der Waals surface area contributed by atoms with Crippen LogP contribution >= 0.6 is 0 Å². The average Bonchev–Trinajstić information content (AvgIpc) is 3.68. The van der Waals surface area contributed by atoms with Crippen LogP contribution in [0.4, 0.5) is 23.4 Å². The zero-order valence-corrected chi connectivity index (χ0v) is 19.4. The van der Waals surface area contributed by atoms with Gasteiger partial charge in [-0.1, -0.05) is 12.1 Å². The minimum Gasteiger partial charge on any atom is -0.368 e. The highest BCUT2D eigenvalue weighted by molar-refractivity contribution is 5.55. The van der Waals surface area contributed by atoms with Gasteiger partial charge in [0.05, 0.1) is 0 Å². The van der Waals surface area contributed by atoms with Crippen LogP contribution in [0.25, 0.3) is 5.82 Å². The van der Waals surface area contributed by atoms with Crippen molar-refractivity contribution in [3.8, 4) is 5.82 Å². The van der Waals surface area contributed by atoms with E-state index >= 15 is 0 Å². The van der Waals surface area contributed by atoms with E-state index in [1.54, 1.807) is 11.0 Å². The summed E-state index contributed by atoms with van der Waals surface area (Å²) in [6, 6.07) is 11.3. The summed E-state index contributed by atoms with van der Waals surface area (Å²) in [5, 5.41) is 11.3. The van der Waals surface area contributed by atoms with Crippen LogP contribution in [-0.2, 0) is 0 Å². The van der Waals surface area contributed by atoms with Crippen LogP contribution in [0.5, 0.6) is 0 Å². The number of nitrogens with one attached hydrogen (secondary N) is 2. The van der Waals surface area contributed by atoms with Gasteiger partial charge in [0.1, 0.15) is 12.1 Å². The lowest BCUT2D eigenvalue weighted by atomic mass is 9.90. The van der Waals surface area contributed by atoms with E-state index in [2.05, 4.69) is 64.7 Å². The van der Waals surface area contributed by atoms with Gasteiger partial charge in [0, 0.05) is 44.0 Å². The molecule has 1 aromatic carbocycles. The Bertz CT molecular complexity index is 1110. The zero-order chi connectivity index (χ0) is 22.9. The zero-order valence-electron chi connectivity index (χ0n) is 19.4. The van der Waals surface area contributed by atoms with Crippen LogP contribution < -0.4 is 21.3 Å². The van der Waals surface area contributed by atoms with E-state index in [1.165, 1.54) is 31.2 Å². The lowest BCUT2D eigenvalue weighted by Crippen LogP contribution is -2.47. The molecule has 1 aliphatic carbocycles. The summed E-state index contributed by atoms with van der Waals surface area (Å²) in [5.74, 6) is 2.89. The molecular weight excluding hydrogens is 428 g/mol. The number of piperidine rings is 1. The monoisotopic (exact) mass is 460 g/mol. The molecule has 2 saturated heterocycles. The summed E-state index contributed by atoms with van der Waals surface area (Å²) >= 11 is 0. The molecule has 6 rings (SSSR count). The molecule has 0 bridgehead atoms. The third-order valence-corrected chi connectivity index (χ3v) is 7.17. The molecule has 34 heavy (non-hydrogen) atoms. The average molecular weight is 461 g/mol. The number of nitrogen functional groups attached to an aromatic ring is 1. The van der Waals surface area contributed by atoms with Gasteiger partial charge in [0.25, 0.3) is 0 Å². The molecule has 4 N–H and O–H groups in total. The second kappa shape index (κ2) is 9.19. The third kappa shape index (κ3) is 4.55. The van der Waals surface area contributed by atoms with Crippen molar-refractivity contribution in [3.05, 3.63) is 42.2 Å². The van der Waals surface area contributed by atoms with Gasteiger partial charge in [-0.3, -0.25) is 4.90 Å². The smallest absolute Gasteiger partial charge is 0.248 e. The minimum atomic E-state index is 0.289. The predicted molar refractivity (Wildman–Crippen MR) is 133 cm³/mol. The Hall–Kier alpha value is -3.24. The summed E-state index contributed by atoms with van der Waals surface area (Å²) in [5.41, 5.74) is 8.52. The van der Waals surface area contributed by atoms with E-state index in [0.717, 1.165) is 56.8 Å². The maximum Gasteiger partial charge on any atom is 0.248 e. The van der Waals surface area contributed by atoms with Gasteiger partial charge < -0.3 is 21.3 Å². The fourth-order valence-electron chi connectivity index (χ4n) is 5.05. The third-order valence-electron chi connectivity index (χ3n) is 7.17. The van der Waals surface area contributed by atoms with E-state index in [0.29, 0.717) is 17.7 Å². The van der Waals surface area contributed by atoms with Crippen molar-refractivity contribution in [1.82, 2.24) is 34.9 Å². The van der Waals surface area contributed by atoms with Gasteiger partial charge in [-0.15, -0.1) is 5.10 Å². The van der Waals surface area contributed by atoms with Crippen LogP contribution in [0.2, 0.25) is 0 Å². The molecule has 0 spiro atoms. The highest BCUT2D eigenvalue weighted by Crippen LogP contribution is 2.29. The largest absolute Gasteiger partial charge is 0.368 e. The number of nitrogens with zero attached hydrogens (tertiary/aromatic N) is 7. The fraction of sp³-hybridized carbons (Fsp3) is 0.500. The van der Waals surface area contributed by atoms with Crippen LogP contribution in [0.3, 0.4) is 0 Å². The highest BCUT2D eigenvalue weighted by Gasteiger charge is 2.31. The maximum absolute atomic E-state index is 6.20. The first kappa shape index (κ1) is 21.3. The maximum atomic E-state index is 6.20. The van der Waals surface area contributed by atoms with Crippen molar-refractivity contribution < 1.29 is 0 Å². The van der Waals surface area contributed by atoms with Gasteiger partial charge >= 0.3 is 0 Å². The molecule has 1 saturated carbocycles. The van der Waals surface area contributed by atoms with Gasteiger partial charge in [0.2, 0.25) is 11.9 Å². The van der Waals surface area contributed by atoms with Crippen molar-refractivity contribution in [1.29, 1.82) is 0 Å². The highest BCUT2D eigenvalue weighted by atomic mass is 15.4. The molecule has 3 fully saturated rings. The van der Waals surface area contributed by atoms with E-state index in [1.807, 2.05) is 6.07 Å². The standard InChI is InChI=1S/C24H32N10/c25-23-30-24(29-19-3-1-17(2-4-19)18-7-9-26-10-8-18)31-34(23)22-15-21(27-16-28-22)33-13-11-32(12-14-33)20-5-6-20/h1-4,15-16,18,20,26H,5-14H2,(H3,25,29,30,31). The number of aromatic nitrogens is 5. The molecule has 0 atom stereocenters. The van der Waals surface area contributed by atoms with Crippen LogP contribution in [0.1, 0.15) is 37.2 Å². The molecular formula is C24H32N10. The molecule has 0 amide bonds. The SMILES string of the molecule is Nc1nc(Nc2ccc(C3CCNCC3)cc2)nn1-c1cc(N2CCN(C3CC3)CC2)ncn1. The number of piperazine rings is 1. The van der Waals surface area contributed by atoms with Crippen LogP contribution in [-0.4, -0.2) is 74.9 Å². The number of rotatable bonds is 6. The van der Waals surface area contributed by atoms with E-state index in [4.69, 9.17) is 5.73 Å². The summed E-state index contributed by atoms with van der Waals surface area (Å²) in [6.07, 6.45) is 6.65. The minimum absolute atomic E-state index is 0.289. The van der Waals surface area contributed by atoms with Crippen LogP contribution in [0, 0.1) is 0 Å². The summed E-state index contributed by atoms with van der Waals surface area (Å²) in [7, 11) is 0. The van der Waals surface area contributed by atoms with Gasteiger partial charge in [-0.05, 0) is 62.4 Å². The molecule has 10 nitrogen and oxygen atoms in total. The Balaban J connectivity index is 1.13. The summed E-state index contributed by atoms with van der Waals surface area (Å²) in [6.45, 7) is 6.29. The van der Waals surface area contributed by atoms with Crippen LogP contribution in [0.15, 0.2) is 36.7 Å². The molecule has 2 aliphatic heterocycles. The molecule has 0 radical (unpaired) electrons. The molecule has 0 unspecified atom stereocenters. The lowest BCUT2D eigenvalue weighted by Gasteiger charge is -2.35. The Labute approximate surface area is 199 Å². The number of anilines is 4. The number of benzene rings is 1. The topological polar surface area (TPSA) is 113 Å². The molecule has 10 heteroatoms. The number of hydrogen-bond acceptors (Lipinski definition) is 9. The number of nitrogens with two attached hydrogens (primary N) is 1. The predicted octanol–water partition coefficient (Wildman–Crippen LogP) is 2.13. The van der Waals surface area contributed by atoms with E-state index in [-0.39, 0.29) is 5.95 Å². The van der Waals surface area contributed by atoms with E-state index < -0.39 is 0 Å². The summed E-state index contributed by atoms with van der Waals surface area (Å²) in [4.78, 5) is 18.2. The van der Waals surface area contributed by atoms with Gasteiger partial charge in [0.15, 0.2) is 5.82 Å². The van der Waals surface area contributed by atoms with Crippen molar-refractivity contribution >= 4 is 23.4 Å². The second-order valence-corrected chi connectivity index (χ2v) is 9.47. The number of hydrogen-bond donors (Lipinski definition) is 3. The molecule has 4 heterocycles. The first-order chi connectivity index (χ1) is 16.7. The summed E-state index contributed by atoms with van der Waals surface area (Å²) < 4.78 is 1.57.